The van der Waals surface area contributed by atoms with Crippen molar-refractivity contribution in [1.29, 1.82) is 0 Å². The fraction of sp³-hybridized carbons (Fsp3) is 0.800. The van der Waals surface area contributed by atoms with Gasteiger partial charge < -0.3 is 14.8 Å². The number of morpholine rings is 1. The van der Waals surface area contributed by atoms with E-state index in [-0.39, 0.29) is 6.10 Å². The second-order valence-corrected chi connectivity index (χ2v) is 3.70. The highest BCUT2D eigenvalue weighted by Crippen LogP contribution is 2.03. The van der Waals surface area contributed by atoms with Crippen LogP contribution in [-0.2, 0) is 9.47 Å². The number of nitrogens with one attached hydrogen (secondary N) is 1. The van der Waals surface area contributed by atoms with Crippen molar-refractivity contribution in [2.45, 2.75) is 26.1 Å². The summed E-state index contributed by atoms with van der Waals surface area (Å²) in [6.07, 6.45) is 0.496. The Morgan fingerprint density at radius 3 is 3.00 bits per heavy atom. The Kier molecular flexibility index (Phi) is 4.42. The molecule has 3 heteroatoms. The zero-order valence-electron chi connectivity index (χ0n) is 8.51. The van der Waals surface area contributed by atoms with Gasteiger partial charge in [-0.05, 0) is 13.8 Å². The Morgan fingerprint density at radius 2 is 2.38 bits per heavy atom. The molecule has 0 aromatic carbocycles. The van der Waals surface area contributed by atoms with Crippen molar-refractivity contribution in [2.24, 2.45) is 0 Å². The minimum atomic E-state index is 0.197. The van der Waals surface area contributed by atoms with E-state index in [0.717, 1.165) is 18.7 Å². The topological polar surface area (TPSA) is 30.5 Å². The summed E-state index contributed by atoms with van der Waals surface area (Å²) < 4.78 is 11.1. The van der Waals surface area contributed by atoms with Crippen LogP contribution in [0.2, 0.25) is 0 Å². The fourth-order valence-corrected chi connectivity index (χ4v) is 1.34. The van der Waals surface area contributed by atoms with Crippen LogP contribution in [0.3, 0.4) is 0 Å². The van der Waals surface area contributed by atoms with Crippen molar-refractivity contribution in [3.63, 3.8) is 0 Å². The van der Waals surface area contributed by atoms with Gasteiger partial charge in [-0.25, -0.2) is 0 Å². The molecular weight excluding hydrogens is 166 g/mol. The molecule has 0 bridgehead atoms. The van der Waals surface area contributed by atoms with Crippen molar-refractivity contribution in [1.82, 2.24) is 5.32 Å². The lowest BCUT2D eigenvalue weighted by atomic mass is 10.2. The first-order valence-electron chi connectivity index (χ1n) is 4.77. The molecule has 0 aliphatic carbocycles. The molecule has 1 fully saturated rings. The molecule has 1 heterocycles. The van der Waals surface area contributed by atoms with Gasteiger partial charge in [-0.15, -0.1) is 0 Å². The quantitative estimate of drug-likeness (QED) is 0.662. The average Bonchev–Trinajstić information content (AvgIpc) is 2.03. The van der Waals surface area contributed by atoms with E-state index in [0.29, 0.717) is 19.3 Å². The van der Waals surface area contributed by atoms with E-state index in [1.165, 1.54) is 0 Å². The Hall–Kier alpha value is -0.380. The maximum absolute atomic E-state index is 5.65. The van der Waals surface area contributed by atoms with Crippen molar-refractivity contribution in [2.75, 3.05) is 26.3 Å². The highest BCUT2D eigenvalue weighted by atomic mass is 16.5. The Bertz CT molecular complexity index is 170. The summed E-state index contributed by atoms with van der Waals surface area (Å²) in [6.45, 7) is 10.9. The highest BCUT2D eigenvalue weighted by molar-refractivity contribution is 4.87. The third-order valence-corrected chi connectivity index (χ3v) is 1.88. The third-order valence-electron chi connectivity index (χ3n) is 1.88. The SMILES string of the molecule is C=C(C)COCC1CNCC(C)O1. The van der Waals surface area contributed by atoms with E-state index in [9.17, 15) is 0 Å². The van der Waals surface area contributed by atoms with E-state index >= 15 is 0 Å². The second kappa shape index (κ2) is 5.37. The molecule has 0 amide bonds. The molecule has 1 rings (SSSR count). The Labute approximate surface area is 80.1 Å². The molecule has 1 saturated heterocycles. The summed E-state index contributed by atoms with van der Waals surface area (Å²) in [6, 6.07) is 0. The molecule has 2 atom stereocenters. The van der Waals surface area contributed by atoms with Gasteiger partial charge in [-0.1, -0.05) is 12.2 Å². The predicted octanol–water partition coefficient (Wildman–Crippen LogP) is 0.956. The zero-order valence-corrected chi connectivity index (χ0v) is 8.51. The number of hydrogen-bond acceptors (Lipinski definition) is 3. The number of hydrogen-bond donors (Lipinski definition) is 1. The van der Waals surface area contributed by atoms with Crippen LogP contribution in [0.4, 0.5) is 0 Å². The lowest BCUT2D eigenvalue weighted by Crippen LogP contribution is -2.45. The second-order valence-electron chi connectivity index (χ2n) is 3.70. The lowest BCUT2D eigenvalue weighted by molar-refractivity contribution is -0.0655. The van der Waals surface area contributed by atoms with Crippen molar-refractivity contribution in [3.05, 3.63) is 12.2 Å². The van der Waals surface area contributed by atoms with Crippen molar-refractivity contribution >= 4 is 0 Å². The molecule has 76 valence electrons. The van der Waals surface area contributed by atoms with Crippen molar-refractivity contribution in [3.8, 4) is 0 Å². The molecule has 0 saturated carbocycles. The maximum Gasteiger partial charge on any atom is 0.0936 e. The van der Waals surface area contributed by atoms with Crippen LogP contribution in [0.1, 0.15) is 13.8 Å². The van der Waals surface area contributed by atoms with Gasteiger partial charge in [-0.2, -0.15) is 0 Å². The predicted molar refractivity (Wildman–Crippen MR) is 52.8 cm³/mol. The molecule has 0 radical (unpaired) electrons. The van der Waals surface area contributed by atoms with Gasteiger partial charge >= 0.3 is 0 Å². The van der Waals surface area contributed by atoms with E-state index in [2.05, 4.69) is 18.8 Å². The van der Waals surface area contributed by atoms with Crippen LogP contribution in [0.25, 0.3) is 0 Å². The minimum Gasteiger partial charge on any atom is -0.374 e. The molecule has 2 unspecified atom stereocenters. The van der Waals surface area contributed by atoms with Gasteiger partial charge in [0.2, 0.25) is 0 Å². The van der Waals surface area contributed by atoms with Gasteiger partial charge in [0.1, 0.15) is 0 Å². The standard InChI is InChI=1S/C10H19NO2/c1-8(2)6-12-7-10-5-11-4-9(3)13-10/h9-11H,1,4-7H2,2-3H3. The number of ether oxygens (including phenoxy) is 2. The van der Waals surface area contributed by atoms with E-state index in [4.69, 9.17) is 9.47 Å². The van der Waals surface area contributed by atoms with Crippen LogP contribution >= 0.6 is 0 Å². The van der Waals surface area contributed by atoms with Crippen LogP contribution in [0.5, 0.6) is 0 Å². The largest absolute Gasteiger partial charge is 0.374 e. The molecule has 0 spiro atoms. The first-order valence-corrected chi connectivity index (χ1v) is 4.77. The average molecular weight is 185 g/mol. The Balaban J connectivity index is 2.10. The zero-order chi connectivity index (χ0) is 9.68. The summed E-state index contributed by atoms with van der Waals surface area (Å²) in [5.74, 6) is 0. The molecule has 13 heavy (non-hydrogen) atoms. The Morgan fingerprint density at radius 1 is 1.62 bits per heavy atom. The normalized spacial score (nSPS) is 28.8. The summed E-state index contributed by atoms with van der Waals surface area (Å²) >= 11 is 0. The first kappa shape index (κ1) is 10.7. The maximum atomic E-state index is 5.65. The van der Waals surface area contributed by atoms with E-state index in [1.807, 2.05) is 6.92 Å². The van der Waals surface area contributed by atoms with Gasteiger partial charge in [0.05, 0.1) is 25.4 Å². The smallest absolute Gasteiger partial charge is 0.0936 e. The van der Waals surface area contributed by atoms with Gasteiger partial charge in [0.15, 0.2) is 0 Å². The first-order chi connectivity index (χ1) is 6.18. The lowest BCUT2D eigenvalue weighted by Gasteiger charge is -2.28. The molecule has 1 aliphatic rings. The van der Waals surface area contributed by atoms with Gasteiger partial charge in [0, 0.05) is 13.1 Å². The summed E-state index contributed by atoms with van der Waals surface area (Å²) in [5, 5.41) is 3.30. The van der Waals surface area contributed by atoms with Gasteiger partial charge in [-0.3, -0.25) is 0 Å². The van der Waals surface area contributed by atoms with E-state index in [1.54, 1.807) is 0 Å². The monoisotopic (exact) mass is 185 g/mol. The van der Waals surface area contributed by atoms with Gasteiger partial charge in [0.25, 0.3) is 0 Å². The molecule has 1 aliphatic heterocycles. The third kappa shape index (κ3) is 4.41. The molecule has 0 aromatic rings. The molecule has 3 nitrogen and oxygen atoms in total. The summed E-state index contributed by atoms with van der Waals surface area (Å²) in [4.78, 5) is 0. The van der Waals surface area contributed by atoms with Crippen LogP contribution in [0, 0.1) is 0 Å². The molecule has 0 aromatic heterocycles. The fourth-order valence-electron chi connectivity index (χ4n) is 1.34. The summed E-state index contributed by atoms with van der Waals surface area (Å²) in [7, 11) is 0. The summed E-state index contributed by atoms with van der Waals surface area (Å²) in [5.41, 5.74) is 1.05. The minimum absolute atomic E-state index is 0.197. The number of rotatable bonds is 4. The van der Waals surface area contributed by atoms with E-state index < -0.39 is 0 Å². The van der Waals surface area contributed by atoms with Crippen LogP contribution in [0.15, 0.2) is 12.2 Å². The highest BCUT2D eigenvalue weighted by Gasteiger charge is 2.18. The van der Waals surface area contributed by atoms with Crippen LogP contribution in [-0.4, -0.2) is 38.5 Å². The molecular formula is C10H19NO2. The van der Waals surface area contributed by atoms with Crippen LogP contribution < -0.4 is 5.32 Å². The van der Waals surface area contributed by atoms with Crippen molar-refractivity contribution < 1.29 is 9.47 Å². The molecule has 1 N–H and O–H groups in total.